The molecule has 8 heteroatoms. The number of tetrazole rings is 1. The summed E-state index contributed by atoms with van der Waals surface area (Å²) < 4.78 is 7.24. The number of H-pyrrole nitrogens is 1. The molecule has 3 aromatic rings. The molecular weight excluding hydrogens is 270 g/mol. The van der Waals surface area contributed by atoms with Gasteiger partial charge in [-0.2, -0.15) is 5.21 Å². The zero-order valence-electron chi connectivity index (χ0n) is 11.6. The normalized spacial score (nSPS) is 10.7. The van der Waals surface area contributed by atoms with Crippen LogP contribution in [0, 0.1) is 0 Å². The van der Waals surface area contributed by atoms with Crippen LogP contribution in [0.5, 0.6) is 5.88 Å². The first-order chi connectivity index (χ1) is 10.4. The highest BCUT2D eigenvalue weighted by Crippen LogP contribution is 2.20. The molecule has 0 atom stereocenters. The summed E-state index contributed by atoms with van der Waals surface area (Å²) in [6.45, 7) is 0.828. The molecule has 1 N–H and O–H groups in total. The van der Waals surface area contributed by atoms with Crippen molar-refractivity contribution in [2.75, 3.05) is 7.11 Å². The summed E-state index contributed by atoms with van der Waals surface area (Å²) in [5.41, 5.74) is 0.978. The molecule has 0 saturated carbocycles. The van der Waals surface area contributed by atoms with Crippen LogP contribution in [0.1, 0.15) is 12.2 Å². The van der Waals surface area contributed by atoms with Gasteiger partial charge in [-0.25, -0.2) is 9.97 Å². The molecule has 0 aliphatic rings. The van der Waals surface area contributed by atoms with Crippen molar-refractivity contribution in [1.82, 2.24) is 35.2 Å². The Balaban J connectivity index is 1.71. The zero-order valence-corrected chi connectivity index (χ0v) is 11.6. The highest BCUT2D eigenvalue weighted by atomic mass is 16.5. The van der Waals surface area contributed by atoms with Gasteiger partial charge in [0.15, 0.2) is 5.82 Å². The Morgan fingerprint density at radius 3 is 3.05 bits per heavy atom. The largest absolute Gasteiger partial charge is 0.481 e. The number of rotatable bonds is 6. The van der Waals surface area contributed by atoms with Crippen LogP contribution in [0.3, 0.4) is 0 Å². The number of aryl methyl sites for hydroxylation is 2. The molecule has 0 saturated heterocycles. The molecule has 0 unspecified atom stereocenters. The van der Waals surface area contributed by atoms with E-state index in [1.165, 1.54) is 0 Å². The van der Waals surface area contributed by atoms with E-state index in [0.29, 0.717) is 5.88 Å². The number of imidazole rings is 1. The average Bonchev–Trinajstić information content (AvgIpc) is 3.19. The number of hydrogen-bond donors (Lipinski definition) is 1. The zero-order chi connectivity index (χ0) is 14.5. The predicted molar refractivity (Wildman–Crippen MR) is 74.5 cm³/mol. The molecule has 0 aliphatic carbocycles. The number of aromatic amines is 1. The molecule has 8 nitrogen and oxygen atoms in total. The van der Waals surface area contributed by atoms with Crippen LogP contribution in [0.25, 0.3) is 11.4 Å². The topological polar surface area (TPSA) is 94.4 Å². The fourth-order valence-electron chi connectivity index (χ4n) is 2.11. The van der Waals surface area contributed by atoms with Crippen LogP contribution in [0.15, 0.2) is 30.7 Å². The molecule has 0 bridgehead atoms. The van der Waals surface area contributed by atoms with Crippen molar-refractivity contribution in [2.45, 2.75) is 19.4 Å². The summed E-state index contributed by atoms with van der Waals surface area (Å²) in [4.78, 5) is 8.51. The summed E-state index contributed by atoms with van der Waals surface area (Å²) in [7, 11) is 1.60. The van der Waals surface area contributed by atoms with E-state index >= 15 is 0 Å². The van der Waals surface area contributed by atoms with Crippen molar-refractivity contribution in [3.05, 3.63) is 36.5 Å². The van der Waals surface area contributed by atoms with E-state index in [-0.39, 0.29) is 0 Å². The minimum absolute atomic E-state index is 0.578. The van der Waals surface area contributed by atoms with Gasteiger partial charge in [-0.05, 0) is 12.5 Å². The number of aromatic nitrogens is 7. The summed E-state index contributed by atoms with van der Waals surface area (Å²) >= 11 is 0. The molecule has 108 valence electrons. The van der Waals surface area contributed by atoms with Crippen LogP contribution < -0.4 is 4.74 Å². The molecule has 3 heterocycles. The summed E-state index contributed by atoms with van der Waals surface area (Å²) in [5, 5.41) is 13.9. The lowest BCUT2D eigenvalue weighted by atomic mass is 10.2. The molecule has 0 amide bonds. The Morgan fingerprint density at radius 2 is 2.24 bits per heavy atom. The maximum absolute atomic E-state index is 5.15. The number of ether oxygens (including phenoxy) is 1. The standard InChI is InChI=1S/C13H15N7O/c1-21-12-9-10(4-5-14-12)13-15-6-8-20(13)7-2-3-11-16-18-19-17-11/h4-6,8-9H,2-3,7H2,1H3,(H,16,17,18,19). The quantitative estimate of drug-likeness (QED) is 0.728. The van der Waals surface area contributed by atoms with Gasteiger partial charge in [0.05, 0.1) is 7.11 Å². The molecule has 0 fully saturated rings. The third-order valence-corrected chi connectivity index (χ3v) is 3.11. The van der Waals surface area contributed by atoms with Gasteiger partial charge in [0.1, 0.15) is 5.82 Å². The summed E-state index contributed by atoms with van der Waals surface area (Å²) in [6.07, 6.45) is 7.14. The lowest BCUT2D eigenvalue weighted by molar-refractivity contribution is 0.398. The molecule has 3 aromatic heterocycles. The fraction of sp³-hybridized carbons (Fsp3) is 0.308. The first-order valence-electron chi connectivity index (χ1n) is 6.60. The van der Waals surface area contributed by atoms with E-state index in [1.54, 1.807) is 19.5 Å². The smallest absolute Gasteiger partial charge is 0.213 e. The van der Waals surface area contributed by atoms with Crippen LogP contribution in [0.2, 0.25) is 0 Å². The minimum atomic E-state index is 0.578. The third-order valence-electron chi connectivity index (χ3n) is 3.11. The lowest BCUT2D eigenvalue weighted by Gasteiger charge is -2.08. The van der Waals surface area contributed by atoms with E-state index in [9.17, 15) is 0 Å². The minimum Gasteiger partial charge on any atom is -0.481 e. The van der Waals surface area contributed by atoms with Crippen molar-refractivity contribution in [3.8, 4) is 17.3 Å². The number of methoxy groups -OCH3 is 1. The lowest BCUT2D eigenvalue weighted by Crippen LogP contribution is -2.02. The van der Waals surface area contributed by atoms with Crippen LogP contribution >= 0.6 is 0 Å². The first kappa shape index (κ1) is 13.2. The second kappa shape index (κ2) is 6.12. The molecule has 0 spiro atoms. The summed E-state index contributed by atoms with van der Waals surface area (Å²) in [6, 6.07) is 3.79. The first-order valence-corrected chi connectivity index (χ1v) is 6.60. The van der Waals surface area contributed by atoms with Gasteiger partial charge in [-0.1, -0.05) is 5.21 Å². The van der Waals surface area contributed by atoms with Crippen LogP contribution in [-0.4, -0.2) is 42.3 Å². The molecule has 21 heavy (non-hydrogen) atoms. The SMILES string of the molecule is COc1cc(-c2nccn2CCCc2nn[nH]n2)ccn1. The Morgan fingerprint density at radius 1 is 1.29 bits per heavy atom. The van der Waals surface area contributed by atoms with Crippen molar-refractivity contribution >= 4 is 0 Å². The van der Waals surface area contributed by atoms with E-state index in [1.807, 2.05) is 18.3 Å². The Hall–Kier alpha value is -2.77. The van der Waals surface area contributed by atoms with Gasteiger partial charge >= 0.3 is 0 Å². The number of nitrogens with one attached hydrogen (secondary N) is 1. The molecule has 0 aliphatic heterocycles. The van der Waals surface area contributed by atoms with Gasteiger partial charge in [-0.3, -0.25) is 0 Å². The third kappa shape index (κ3) is 3.04. The number of hydrogen-bond acceptors (Lipinski definition) is 6. The highest BCUT2D eigenvalue weighted by molar-refractivity contribution is 5.56. The van der Waals surface area contributed by atoms with Gasteiger partial charge in [-0.15, -0.1) is 10.2 Å². The van der Waals surface area contributed by atoms with Crippen LogP contribution in [0.4, 0.5) is 0 Å². The van der Waals surface area contributed by atoms with Crippen molar-refractivity contribution in [3.63, 3.8) is 0 Å². The maximum Gasteiger partial charge on any atom is 0.213 e. The average molecular weight is 285 g/mol. The molecule has 3 rings (SSSR count). The van der Waals surface area contributed by atoms with Gasteiger partial charge in [0.25, 0.3) is 0 Å². The Kier molecular flexibility index (Phi) is 3.85. The maximum atomic E-state index is 5.15. The second-order valence-corrected chi connectivity index (χ2v) is 4.46. The summed E-state index contributed by atoms with van der Waals surface area (Å²) in [5.74, 6) is 2.19. The van der Waals surface area contributed by atoms with Gasteiger partial charge in [0, 0.05) is 43.2 Å². The van der Waals surface area contributed by atoms with E-state index < -0.39 is 0 Å². The van der Waals surface area contributed by atoms with E-state index in [4.69, 9.17) is 4.74 Å². The highest BCUT2D eigenvalue weighted by Gasteiger charge is 2.08. The number of pyridine rings is 1. The second-order valence-electron chi connectivity index (χ2n) is 4.46. The predicted octanol–water partition coefficient (Wildman–Crippen LogP) is 1.10. The fourth-order valence-corrected chi connectivity index (χ4v) is 2.11. The van der Waals surface area contributed by atoms with Crippen molar-refractivity contribution in [1.29, 1.82) is 0 Å². The Labute approximate surface area is 121 Å². The van der Waals surface area contributed by atoms with Crippen molar-refractivity contribution in [2.24, 2.45) is 0 Å². The van der Waals surface area contributed by atoms with E-state index in [2.05, 4.69) is 35.2 Å². The van der Waals surface area contributed by atoms with E-state index in [0.717, 1.165) is 36.6 Å². The molecular formula is C13H15N7O. The van der Waals surface area contributed by atoms with Crippen molar-refractivity contribution < 1.29 is 4.74 Å². The van der Waals surface area contributed by atoms with Gasteiger partial charge in [0.2, 0.25) is 5.88 Å². The molecule has 0 radical (unpaired) electrons. The van der Waals surface area contributed by atoms with Gasteiger partial charge < -0.3 is 9.30 Å². The monoisotopic (exact) mass is 285 g/mol. The number of nitrogens with zero attached hydrogens (tertiary/aromatic N) is 6. The Bertz CT molecular complexity index is 692. The molecule has 0 aromatic carbocycles. The van der Waals surface area contributed by atoms with Crippen LogP contribution in [-0.2, 0) is 13.0 Å².